The smallest absolute Gasteiger partial charge is 0.255 e. The third-order valence-corrected chi connectivity index (χ3v) is 6.17. The number of benzene rings is 1. The molecule has 1 aromatic carbocycles. The summed E-state index contributed by atoms with van der Waals surface area (Å²) in [5.74, 6) is -0.223. The first kappa shape index (κ1) is 21.2. The van der Waals surface area contributed by atoms with Crippen molar-refractivity contribution in [2.45, 2.75) is 26.2 Å². The summed E-state index contributed by atoms with van der Waals surface area (Å²) in [5.41, 5.74) is 5.25. The van der Waals surface area contributed by atoms with E-state index in [1.165, 1.54) is 0 Å². The SMILES string of the molecule is CC(C)(C)c1cc(-c2cc(-c3ccc(C(=O)Nc4cccnc4)cc3Cl)cs2)ccn1. The van der Waals surface area contributed by atoms with E-state index in [1.54, 1.807) is 48.0 Å². The van der Waals surface area contributed by atoms with Gasteiger partial charge in [0.25, 0.3) is 5.91 Å². The van der Waals surface area contributed by atoms with Crippen LogP contribution < -0.4 is 5.32 Å². The van der Waals surface area contributed by atoms with Crippen LogP contribution in [0.15, 0.2) is 72.5 Å². The van der Waals surface area contributed by atoms with Crippen molar-refractivity contribution in [1.29, 1.82) is 0 Å². The molecule has 4 aromatic rings. The quantitative estimate of drug-likeness (QED) is 0.363. The first-order valence-corrected chi connectivity index (χ1v) is 11.1. The minimum absolute atomic E-state index is 0.00831. The number of halogens is 1. The van der Waals surface area contributed by atoms with Gasteiger partial charge in [0.2, 0.25) is 0 Å². The van der Waals surface area contributed by atoms with E-state index in [9.17, 15) is 4.79 Å². The molecule has 4 nitrogen and oxygen atoms in total. The van der Waals surface area contributed by atoms with Gasteiger partial charge < -0.3 is 5.32 Å². The van der Waals surface area contributed by atoms with Gasteiger partial charge in [0.05, 0.1) is 11.9 Å². The molecular formula is C25H22ClN3OS. The number of carbonyl (C=O) groups is 1. The molecule has 1 N–H and O–H groups in total. The summed E-state index contributed by atoms with van der Waals surface area (Å²) in [6.07, 6.45) is 5.12. The largest absolute Gasteiger partial charge is 0.321 e. The Kier molecular flexibility index (Phi) is 5.90. The van der Waals surface area contributed by atoms with Crippen LogP contribution in [0, 0.1) is 0 Å². The van der Waals surface area contributed by atoms with Gasteiger partial charge in [-0.2, -0.15) is 0 Å². The lowest BCUT2D eigenvalue weighted by Crippen LogP contribution is -2.13. The lowest BCUT2D eigenvalue weighted by Gasteiger charge is -2.17. The number of thiophene rings is 1. The van der Waals surface area contributed by atoms with Crippen molar-refractivity contribution in [2.75, 3.05) is 5.32 Å². The first-order chi connectivity index (χ1) is 14.8. The molecule has 4 rings (SSSR count). The molecule has 156 valence electrons. The van der Waals surface area contributed by atoms with Crippen molar-refractivity contribution < 1.29 is 4.79 Å². The molecule has 0 spiro atoms. The third-order valence-electron chi connectivity index (χ3n) is 4.87. The van der Waals surface area contributed by atoms with E-state index >= 15 is 0 Å². The van der Waals surface area contributed by atoms with E-state index in [2.05, 4.69) is 53.6 Å². The molecule has 0 unspecified atom stereocenters. The molecule has 0 fully saturated rings. The molecule has 0 aliphatic heterocycles. The lowest BCUT2D eigenvalue weighted by molar-refractivity contribution is 0.102. The summed E-state index contributed by atoms with van der Waals surface area (Å²) in [6.45, 7) is 6.47. The summed E-state index contributed by atoms with van der Waals surface area (Å²) in [7, 11) is 0. The molecule has 0 aliphatic carbocycles. The van der Waals surface area contributed by atoms with Gasteiger partial charge in [-0.1, -0.05) is 38.4 Å². The van der Waals surface area contributed by atoms with Crippen LogP contribution in [0.2, 0.25) is 5.02 Å². The summed E-state index contributed by atoms with van der Waals surface area (Å²) in [4.78, 5) is 22.2. The van der Waals surface area contributed by atoms with E-state index in [4.69, 9.17) is 11.6 Å². The monoisotopic (exact) mass is 447 g/mol. The van der Waals surface area contributed by atoms with Gasteiger partial charge in [0, 0.05) is 44.5 Å². The summed E-state index contributed by atoms with van der Waals surface area (Å²) in [6, 6.07) is 15.2. The van der Waals surface area contributed by atoms with Crippen LogP contribution in [0.1, 0.15) is 36.8 Å². The summed E-state index contributed by atoms with van der Waals surface area (Å²) >= 11 is 8.22. The molecule has 0 saturated carbocycles. The maximum Gasteiger partial charge on any atom is 0.255 e. The normalized spacial score (nSPS) is 11.4. The molecule has 6 heteroatoms. The van der Waals surface area contributed by atoms with E-state index in [0.29, 0.717) is 16.3 Å². The van der Waals surface area contributed by atoms with Crippen LogP contribution >= 0.6 is 22.9 Å². The zero-order chi connectivity index (χ0) is 22.0. The van der Waals surface area contributed by atoms with Gasteiger partial charge in [-0.3, -0.25) is 14.8 Å². The van der Waals surface area contributed by atoms with Crippen molar-refractivity contribution in [3.8, 4) is 21.6 Å². The number of nitrogens with one attached hydrogen (secondary N) is 1. The fourth-order valence-electron chi connectivity index (χ4n) is 3.15. The zero-order valence-electron chi connectivity index (χ0n) is 17.5. The van der Waals surface area contributed by atoms with Crippen molar-refractivity contribution in [2.24, 2.45) is 0 Å². The molecule has 3 heterocycles. The predicted octanol–water partition coefficient (Wildman–Crippen LogP) is 7.08. The van der Waals surface area contributed by atoms with Crippen LogP contribution in [0.4, 0.5) is 5.69 Å². The number of anilines is 1. The number of nitrogens with zero attached hydrogens (tertiary/aromatic N) is 2. The Morgan fingerprint density at radius 3 is 2.58 bits per heavy atom. The summed E-state index contributed by atoms with van der Waals surface area (Å²) < 4.78 is 0. The van der Waals surface area contributed by atoms with E-state index in [1.807, 2.05) is 18.3 Å². The molecule has 0 saturated heterocycles. The van der Waals surface area contributed by atoms with Crippen molar-refractivity contribution in [3.63, 3.8) is 0 Å². The standard InChI is InChI=1S/C25H22ClN3OS/c1-25(2,3)23-13-16(8-10-28-23)22-12-18(15-31-22)20-7-6-17(11-21(20)26)24(30)29-19-5-4-9-27-14-19/h4-15H,1-3H3,(H,29,30). The molecule has 31 heavy (non-hydrogen) atoms. The zero-order valence-corrected chi connectivity index (χ0v) is 19.1. The second-order valence-electron chi connectivity index (χ2n) is 8.27. The molecule has 0 aliphatic rings. The van der Waals surface area contributed by atoms with Gasteiger partial charge in [0.15, 0.2) is 0 Å². The van der Waals surface area contributed by atoms with Gasteiger partial charge in [0.1, 0.15) is 0 Å². The van der Waals surface area contributed by atoms with Crippen LogP contribution in [-0.4, -0.2) is 15.9 Å². The highest BCUT2D eigenvalue weighted by Crippen LogP contribution is 2.37. The number of pyridine rings is 2. The molecule has 0 atom stereocenters. The highest BCUT2D eigenvalue weighted by molar-refractivity contribution is 7.14. The van der Waals surface area contributed by atoms with Gasteiger partial charge in [-0.15, -0.1) is 11.3 Å². The lowest BCUT2D eigenvalue weighted by atomic mass is 9.90. The summed E-state index contributed by atoms with van der Waals surface area (Å²) in [5, 5.41) is 5.45. The third kappa shape index (κ3) is 4.84. The number of hydrogen-bond acceptors (Lipinski definition) is 4. The van der Waals surface area contributed by atoms with Crippen molar-refractivity contribution in [3.05, 3.63) is 88.8 Å². The number of carbonyl (C=O) groups excluding carboxylic acids is 1. The highest BCUT2D eigenvalue weighted by atomic mass is 35.5. The molecule has 1 amide bonds. The number of amides is 1. The average Bonchev–Trinajstić information content (AvgIpc) is 3.24. The number of rotatable bonds is 4. The Hall–Kier alpha value is -3.02. The topological polar surface area (TPSA) is 54.9 Å². The van der Waals surface area contributed by atoms with Crippen molar-refractivity contribution in [1.82, 2.24) is 9.97 Å². The molecule has 3 aromatic heterocycles. The fraction of sp³-hybridized carbons (Fsp3) is 0.160. The molecule has 0 radical (unpaired) electrons. The fourth-order valence-corrected chi connectivity index (χ4v) is 4.35. The number of aromatic nitrogens is 2. The maximum atomic E-state index is 12.5. The van der Waals surface area contributed by atoms with Crippen LogP contribution in [0.5, 0.6) is 0 Å². The van der Waals surface area contributed by atoms with Gasteiger partial charge in [-0.05, 0) is 59.0 Å². The highest BCUT2D eigenvalue weighted by Gasteiger charge is 2.17. The van der Waals surface area contributed by atoms with Crippen LogP contribution in [-0.2, 0) is 5.41 Å². The minimum Gasteiger partial charge on any atom is -0.321 e. The van der Waals surface area contributed by atoms with E-state index in [-0.39, 0.29) is 11.3 Å². The van der Waals surface area contributed by atoms with Gasteiger partial charge in [-0.25, -0.2) is 0 Å². The first-order valence-electron chi connectivity index (χ1n) is 9.88. The van der Waals surface area contributed by atoms with Crippen molar-refractivity contribution >= 4 is 34.5 Å². The van der Waals surface area contributed by atoms with E-state index in [0.717, 1.165) is 27.3 Å². The average molecular weight is 448 g/mol. The second-order valence-corrected chi connectivity index (χ2v) is 9.59. The van der Waals surface area contributed by atoms with Crippen LogP contribution in [0.25, 0.3) is 21.6 Å². The maximum absolute atomic E-state index is 12.5. The Morgan fingerprint density at radius 1 is 1.03 bits per heavy atom. The molecule has 0 bridgehead atoms. The minimum atomic E-state index is -0.223. The number of hydrogen-bond donors (Lipinski definition) is 1. The predicted molar refractivity (Wildman–Crippen MR) is 129 cm³/mol. The Bertz CT molecular complexity index is 1230. The second kappa shape index (κ2) is 8.61. The Balaban J connectivity index is 1.57. The Morgan fingerprint density at radius 2 is 1.87 bits per heavy atom. The molecular weight excluding hydrogens is 426 g/mol. The van der Waals surface area contributed by atoms with E-state index < -0.39 is 0 Å². The Labute approximate surface area is 191 Å². The van der Waals surface area contributed by atoms with Crippen LogP contribution in [0.3, 0.4) is 0 Å². The van der Waals surface area contributed by atoms with Gasteiger partial charge >= 0.3 is 0 Å².